The van der Waals surface area contributed by atoms with Crippen LogP contribution in [0.4, 0.5) is 18.9 Å². The molecule has 34 heavy (non-hydrogen) atoms. The average molecular weight is 491 g/mol. The number of halogens is 3. The molecule has 10 heteroatoms. The molecule has 178 valence electrons. The number of aliphatic carboxylic acids is 1. The average Bonchev–Trinajstić information content (AvgIpc) is 2.76. The third kappa shape index (κ3) is 4.72. The van der Waals surface area contributed by atoms with Crippen molar-refractivity contribution in [2.75, 3.05) is 10.8 Å². The lowest BCUT2D eigenvalue weighted by Gasteiger charge is -2.36. The summed E-state index contributed by atoms with van der Waals surface area (Å²) in [6, 6.07) is 11.1. The van der Waals surface area contributed by atoms with Crippen molar-refractivity contribution >= 4 is 21.7 Å². The standard InChI is InChI=1S/C24H20F3NO5S/c1-14-3-2-4-20(7-14)34(31,32)28-13-19(5-6-23(29)30)33-24-21(27)10-16(11-22(24)28)15-8-17(25)12-18(26)9-15/h2-4,7-12,19H,5-6,13H2,1H3,(H,29,30)/t19-/m0/s1. The molecule has 1 N–H and O–H groups in total. The Bertz CT molecular complexity index is 1360. The van der Waals surface area contributed by atoms with E-state index in [0.29, 0.717) is 11.6 Å². The van der Waals surface area contributed by atoms with Gasteiger partial charge < -0.3 is 9.84 Å². The second-order valence-corrected chi connectivity index (χ2v) is 9.85. The number of sulfonamides is 1. The lowest BCUT2D eigenvalue weighted by atomic mass is 10.0. The molecule has 0 unspecified atom stereocenters. The Balaban J connectivity index is 1.87. The fourth-order valence-corrected chi connectivity index (χ4v) is 5.42. The number of carbonyl (C=O) groups is 1. The van der Waals surface area contributed by atoms with E-state index < -0.39 is 39.5 Å². The molecule has 3 aromatic carbocycles. The molecule has 0 bridgehead atoms. The summed E-state index contributed by atoms with van der Waals surface area (Å²) in [5, 5.41) is 9.01. The molecule has 0 spiro atoms. The molecule has 0 aliphatic carbocycles. The SMILES string of the molecule is Cc1cccc(S(=O)(=O)N2C[C@H](CCC(=O)O)Oc3c(F)cc(-c4cc(F)cc(F)c4)cc32)c1. The first-order valence-electron chi connectivity index (χ1n) is 10.3. The third-order valence-corrected chi connectivity index (χ3v) is 7.18. The summed E-state index contributed by atoms with van der Waals surface area (Å²) >= 11 is 0. The van der Waals surface area contributed by atoms with Crippen molar-refractivity contribution in [1.29, 1.82) is 0 Å². The smallest absolute Gasteiger partial charge is 0.303 e. The van der Waals surface area contributed by atoms with E-state index in [2.05, 4.69) is 0 Å². The summed E-state index contributed by atoms with van der Waals surface area (Å²) in [7, 11) is -4.21. The number of benzene rings is 3. The van der Waals surface area contributed by atoms with Gasteiger partial charge in [-0.05, 0) is 66.4 Å². The van der Waals surface area contributed by atoms with Gasteiger partial charge in [-0.25, -0.2) is 21.6 Å². The Morgan fingerprint density at radius 1 is 1.06 bits per heavy atom. The fraction of sp³-hybridized carbons (Fsp3) is 0.208. The topological polar surface area (TPSA) is 83.9 Å². The number of anilines is 1. The predicted molar refractivity (Wildman–Crippen MR) is 119 cm³/mol. The van der Waals surface area contributed by atoms with E-state index >= 15 is 4.39 Å². The van der Waals surface area contributed by atoms with E-state index in [1.165, 1.54) is 18.2 Å². The Labute approximate surface area is 194 Å². The number of fused-ring (bicyclic) bond motifs is 1. The highest BCUT2D eigenvalue weighted by Crippen LogP contribution is 2.42. The normalized spacial score (nSPS) is 15.5. The van der Waals surface area contributed by atoms with Crippen molar-refractivity contribution in [3.05, 3.63) is 77.6 Å². The minimum atomic E-state index is -4.21. The summed E-state index contributed by atoms with van der Waals surface area (Å²) in [4.78, 5) is 11.0. The Hall–Kier alpha value is -3.53. The highest BCUT2D eigenvalue weighted by molar-refractivity contribution is 7.92. The van der Waals surface area contributed by atoms with E-state index in [4.69, 9.17) is 9.84 Å². The van der Waals surface area contributed by atoms with Crippen molar-refractivity contribution < 1.29 is 36.2 Å². The van der Waals surface area contributed by atoms with Gasteiger partial charge in [-0.1, -0.05) is 12.1 Å². The van der Waals surface area contributed by atoms with Crippen molar-refractivity contribution in [2.24, 2.45) is 0 Å². The first-order chi connectivity index (χ1) is 16.0. The maximum atomic E-state index is 15.2. The van der Waals surface area contributed by atoms with Crippen LogP contribution in [0.15, 0.2) is 59.5 Å². The molecule has 0 saturated heterocycles. The van der Waals surface area contributed by atoms with Gasteiger partial charge in [0, 0.05) is 12.5 Å². The van der Waals surface area contributed by atoms with Crippen LogP contribution in [0, 0.1) is 24.4 Å². The largest absolute Gasteiger partial charge is 0.483 e. The number of aryl methyl sites for hydroxylation is 1. The van der Waals surface area contributed by atoms with Crippen LogP contribution in [0.3, 0.4) is 0 Å². The minimum Gasteiger partial charge on any atom is -0.483 e. The molecule has 6 nitrogen and oxygen atoms in total. The van der Waals surface area contributed by atoms with Gasteiger partial charge >= 0.3 is 5.97 Å². The summed E-state index contributed by atoms with van der Waals surface area (Å²) in [5.74, 6) is -4.17. The number of ether oxygens (including phenoxy) is 1. The maximum Gasteiger partial charge on any atom is 0.303 e. The van der Waals surface area contributed by atoms with Crippen LogP contribution < -0.4 is 9.04 Å². The predicted octanol–water partition coefficient (Wildman–Crippen LogP) is 4.90. The molecule has 3 aromatic rings. The van der Waals surface area contributed by atoms with Crippen molar-refractivity contribution in [1.82, 2.24) is 0 Å². The molecule has 0 radical (unpaired) electrons. The zero-order chi connectivity index (χ0) is 24.6. The molecule has 0 saturated carbocycles. The second kappa shape index (κ2) is 9.02. The first kappa shape index (κ1) is 23.6. The quantitative estimate of drug-likeness (QED) is 0.530. The molecule has 0 aromatic heterocycles. The highest BCUT2D eigenvalue weighted by Gasteiger charge is 2.36. The molecule has 0 amide bonds. The van der Waals surface area contributed by atoms with Gasteiger partial charge in [0.25, 0.3) is 10.0 Å². The van der Waals surface area contributed by atoms with E-state index in [1.54, 1.807) is 19.1 Å². The fourth-order valence-electron chi connectivity index (χ4n) is 3.82. The molecular formula is C24H20F3NO5S. The van der Waals surface area contributed by atoms with Crippen molar-refractivity contribution in [3.63, 3.8) is 0 Å². The monoisotopic (exact) mass is 491 g/mol. The van der Waals surface area contributed by atoms with Crippen LogP contribution in [0.1, 0.15) is 18.4 Å². The summed E-state index contributed by atoms with van der Waals surface area (Å²) < 4.78 is 76.4. The van der Waals surface area contributed by atoms with Crippen LogP contribution >= 0.6 is 0 Å². The Morgan fingerprint density at radius 3 is 2.38 bits per heavy atom. The number of nitrogens with zero attached hydrogens (tertiary/aromatic N) is 1. The molecule has 4 rings (SSSR count). The molecule has 1 aliphatic heterocycles. The zero-order valence-electron chi connectivity index (χ0n) is 18.0. The number of carboxylic acids is 1. The molecule has 1 heterocycles. The number of carboxylic acid groups (broad SMARTS) is 1. The maximum absolute atomic E-state index is 15.2. The summed E-state index contributed by atoms with van der Waals surface area (Å²) in [6.45, 7) is 1.45. The Kier molecular flexibility index (Phi) is 6.26. The van der Waals surface area contributed by atoms with Crippen LogP contribution in [0.2, 0.25) is 0 Å². The molecule has 0 fully saturated rings. The Morgan fingerprint density at radius 2 is 1.74 bits per heavy atom. The van der Waals surface area contributed by atoms with Gasteiger partial charge in [-0.15, -0.1) is 0 Å². The van der Waals surface area contributed by atoms with E-state index in [1.807, 2.05) is 0 Å². The van der Waals surface area contributed by atoms with Gasteiger partial charge in [0.2, 0.25) is 0 Å². The van der Waals surface area contributed by atoms with Crippen LogP contribution in [0.5, 0.6) is 5.75 Å². The van der Waals surface area contributed by atoms with Gasteiger partial charge in [-0.2, -0.15) is 0 Å². The third-order valence-electron chi connectivity index (χ3n) is 5.40. The van der Waals surface area contributed by atoms with Crippen LogP contribution in [-0.4, -0.2) is 32.1 Å². The van der Waals surface area contributed by atoms with Gasteiger partial charge in [0.05, 0.1) is 17.1 Å². The molecule has 1 aliphatic rings. The van der Waals surface area contributed by atoms with Gasteiger partial charge in [0.15, 0.2) is 11.6 Å². The number of rotatable bonds is 6. The van der Waals surface area contributed by atoms with E-state index in [9.17, 15) is 22.0 Å². The number of hydrogen-bond donors (Lipinski definition) is 1. The summed E-state index contributed by atoms with van der Waals surface area (Å²) in [5.41, 5.74) is 0.603. The van der Waals surface area contributed by atoms with E-state index in [0.717, 1.165) is 22.5 Å². The summed E-state index contributed by atoms with van der Waals surface area (Å²) in [6.07, 6.45) is -1.28. The lowest BCUT2D eigenvalue weighted by Crippen LogP contribution is -2.44. The van der Waals surface area contributed by atoms with Crippen molar-refractivity contribution in [3.8, 4) is 16.9 Å². The lowest BCUT2D eigenvalue weighted by molar-refractivity contribution is -0.137. The van der Waals surface area contributed by atoms with E-state index in [-0.39, 0.29) is 46.8 Å². The van der Waals surface area contributed by atoms with Crippen molar-refractivity contribution in [2.45, 2.75) is 30.8 Å². The minimum absolute atomic E-state index is 0.0140. The van der Waals surface area contributed by atoms with Gasteiger partial charge in [0.1, 0.15) is 17.7 Å². The second-order valence-electron chi connectivity index (χ2n) is 7.99. The molecular weight excluding hydrogens is 471 g/mol. The number of hydrogen-bond acceptors (Lipinski definition) is 4. The van der Waals surface area contributed by atoms with Crippen LogP contribution in [-0.2, 0) is 14.8 Å². The first-order valence-corrected chi connectivity index (χ1v) is 11.8. The highest BCUT2D eigenvalue weighted by atomic mass is 32.2. The van der Waals surface area contributed by atoms with Crippen LogP contribution in [0.25, 0.3) is 11.1 Å². The molecule has 1 atom stereocenters. The zero-order valence-corrected chi connectivity index (χ0v) is 18.8. The van der Waals surface area contributed by atoms with Gasteiger partial charge in [-0.3, -0.25) is 9.10 Å².